The Bertz CT molecular complexity index is 1120. The van der Waals surface area contributed by atoms with E-state index in [2.05, 4.69) is 16.0 Å². The van der Waals surface area contributed by atoms with Crippen LogP contribution in [0.4, 0.5) is 0 Å². The van der Waals surface area contributed by atoms with Crippen LogP contribution >= 0.6 is 0 Å². The lowest BCUT2D eigenvalue weighted by atomic mass is 9.88. The highest BCUT2D eigenvalue weighted by atomic mass is 16.7. The van der Waals surface area contributed by atoms with Gasteiger partial charge in [0.1, 0.15) is 61.0 Å². The van der Waals surface area contributed by atoms with E-state index in [1.165, 1.54) is 0 Å². The van der Waals surface area contributed by atoms with Crippen molar-refractivity contribution >= 4 is 23.7 Å². The zero-order valence-corrected chi connectivity index (χ0v) is 26.8. The van der Waals surface area contributed by atoms with Gasteiger partial charge in [0.05, 0.1) is 44.6 Å². The molecule has 22 nitrogen and oxygen atoms in total. The number of aliphatic hydroxyl groups excluding tert-OH is 10. The van der Waals surface area contributed by atoms with E-state index < -0.39 is 148 Å². The second kappa shape index (κ2) is 18.5. The molecule has 2 saturated heterocycles. The fraction of sp³-hybridized carbons (Fsp3) is 0.852. The number of rotatable bonds is 17. The third-order valence-corrected chi connectivity index (χ3v) is 7.93. The van der Waals surface area contributed by atoms with E-state index in [0.717, 1.165) is 20.8 Å². The molecule has 284 valence electrons. The molecule has 2 fully saturated rings. The third kappa shape index (κ3) is 10.7. The summed E-state index contributed by atoms with van der Waals surface area (Å²) in [5.41, 5.74) is 0. The summed E-state index contributed by atoms with van der Waals surface area (Å²) < 4.78 is 22.0. The van der Waals surface area contributed by atoms with Crippen LogP contribution in [0.3, 0.4) is 0 Å². The summed E-state index contributed by atoms with van der Waals surface area (Å²) in [5.74, 6) is -7.11. The SMILES string of the molecule is CC(=O)N[C@H]1[C@H]([C@H](O)[C@H](O)CO)O[C@@](OC[C@@H](O)[C@H](O)[C@H](OC2O[C@H](CO)[C@H](O)[C@H](O)[C@H]2NC(C)=O)[C@H](CO)NC(C)=O)(C(=O)O)C[C@@H]1O. The number of ether oxygens (including phenoxy) is 4. The maximum absolute atomic E-state index is 12.4. The maximum Gasteiger partial charge on any atom is 0.364 e. The number of carboxylic acids is 1. The lowest BCUT2D eigenvalue weighted by Gasteiger charge is -2.47. The molecule has 0 aromatic heterocycles. The molecular weight excluding hydrogens is 670 g/mol. The molecule has 0 saturated carbocycles. The standard InChI is InChI=1S/C27H47N3O19/c1-9(34)28-12(5-31)23(48-25-18(30-11(3)36)22(43)21(42)16(7-33)47-25)20(41)15(39)8-46-27(26(44)45)4-13(37)17(29-10(2)35)24(49-27)19(40)14(38)6-32/h12-25,31-33,37-43H,4-8H2,1-3H3,(H,28,34)(H,29,35)(H,30,36)(H,44,45)/t12-,13-,14+,15+,16+,17+,18+,19+,20-,21-,22+,23+,24+,25?,27+/m0/s1. The second-order valence-electron chi connectivity index (χ2n) is 11.8. The van der Waals surface area contributed by atoms with Gasteiger partial charge in [-0.3, -0.25) is 14.4 Å². The molecule has 1 unspecified atom stereocenters. The van der Waals surface area contributed by atoms with Crippen LogP contribution in [0, 0.1) is 0 Å². The zero-order valence-electron chi connectivity index (χ0n) is 26.8. The molecule has 49 heavy (non-hydrogen) atoms. The highest BCUT2D eigenvalue weighted by Gasteiger charge is 2.56. The number of nitrogens with one attached hydrogen (secondary N) is 3. The van der Waals surface area contributed by atoms with Crippen molar-refractivity contribution in [1.82, 2.24) is 16.0 Å². The van der Waals surface area contributed by atoms with Gasteiger partial charge in [-0.1, -0.05) is 0 Å². The number of carboxylic acid groups (broad SMARTS) is 1. The van der Waals surface area contributed by atoms with Gasteiger partial charge in [-0.15, -0.1) is 0 Å². The van der Waals surface area contributed by atoms with E-state index >= 15 is 0 Å². The van der Waals surface area contributed by atoms with E-state index in [-0.39, 0.29) is 0 Å². The van der Waals surface area contributed by atoms with Crippen LogP contribution in [-0.2, 0) is 38.1 Å². The number of carbonyl (C=O) groups excluding carboxylic acids is 3. The highest BCUT2D eigenvalue weighted by Crippen LogP contribution is 2.34. The van der Waals surface area contributed by atoms with Crippen molar-refractivity contribution < 1.29 is 94.3 Å². The number of hydrogen-bond donors (Lipinski definition) is 14. The van der Waals surface area contributed by atoms with Gasteiger partial charge in [-0.05, 0) is 0 Å². The molecule has 2 rings (SSSR count). The summed E-state index contributed by atoms with van der Waals surface area (Å²) in [4.78, 5) is 47.9. The minimum absolute atomic E-state index is 0.744. The Labute approximate surface area is 279 Å². The molecule has 0 aromatic rings. The Morgan fingerprint density at radius 1 is 0.857 bits per heavy atom. The number of amides is 3. The average Bonchev–Trinajstić information content (AvgIpc) is 3.03. The molecule has 0 radical (unpaired) electrons. The van der Waals surface area contributed by atoms with Crippen LogP contribution in [-0.4, -0.2) is 198 Å². The first-order chi connectivity index (χ1) is 22.8. The molecule has 0 aromatic carbocycles. The summed E-state index contributed by atoms with van der Waals surface area (Å²) in [6.45, 7) is -0.929. The Hall–Kier alpha value is -2.68. The van der Waals surface area contributed by atoms with Crippen LogP contribution in [0.5, 0.6) is 0 Å². The van der Waals surface area contributed by atoms with Gasteiger partial charge in [0.2, 0.25) is 17.7 Å². The minimum Gasteiger partial charge on any atom is -0.477 e. The van der Waals surface area contributed by atoms with E-state index in [0.29, 0.717) is 0 Å². The van der Waals surface area contributed by atoms with Gasteiger partial charge in [-0.2, -0.15) is 0 Å². The normalized spacial score (nSPS) is 34.1. The lowest BCUT2D eigenvalue weighted by molar-refractivity contribution is -0.320. The molecule has 15 atom stereocenters. The van der Waals surface area contributed by atoms with E-state index in [4.69, 9.17) is 18.9 Å². The fourth-order valence-corrected chi connectivity index (χ4v) is 5.46. The van der Waals surface area contributed by atoms with Crippen molar-refractivity contribution in [3.8, 4) is 0 Å². The first-order valence-corrected chi connectivity index (χ1v) is 15.1. The van der Waals surface area contributed by atoms with Crippen molar-refractivity contribution in [2.24, 2.45) is 0 Å². The maximum atomic E-state index is 12.4. The van der Waals surface area contributed by atoms with Crippen LogP contribution in [0.2, 0.25) is 0 Å². The summed E-state index contributed by atoms with van der Waals surface area (Å²) in [6.07, 6.45) is -22.0. The Kier molecular flexibility index (Phi) is 16.1. The largest absolute Gasteiger partial charge is 0.477 e. The van der Waals surface area contributed by atoms with Crippen molar-refractivity contribution in [2.75, 3.05) is 26.4 Å². The molecule has 2 heterocycles. The summed E-state index contributed by atoms with van der Waals surface area (Å²) >= 11 is 0. The molecule has 22 heteroatoms. The van der Waals surface area contributed by atoms with E-state index in [1.807, 2.05) is 0 Å². The van der Waals surface area contributed by atoms with Gasteiger partial charge in [-0.25, -0.2) is 4.79 Å². The Balaban J connectivity index is 2.42. The Morgan fingerprint density at radius 2 is 1.45 bits per heavy atom. The number of hydrogen-bond acceptors (Lipinski definition) is 18. The topological polar surface area (TPSA) is 364 Å². The molecule has 14 N–H and O–H groups in total. The first-order valence-electron chi connectivity index (χ1n) is 15.1. The average molecular weight is 718 g/mol. The van der Waals surface area contributed by atoms with Crippen LogP contribution in [0.15, 0.2) is 0 Å². The lowest BCUT2D eigenvalue weighted by Crippen LogP contribution is -2.68. The zero-order chi connectivity index (χ0) is 37.4. The van der Waals surface area contributed by atoms with Crippen molar-refractivity contribution in [3.05, 3.63) is 0 Å². The molecule has 0 aliphatic carbocycles. The van der Waals surface area contributed by atoms with Crippen molar-refractivity contribution in [3.63, 3.8) is 0 Å². The van der Waals surface area contributed by atoms with Gasteiger partial charge >= 0.3 is 5.97 Å². The fourth-order valence-electron chi connectivity index (χ4n) is 5.46. The highest BCUT2D eigenvalue weighted by molar-refractivity contribution is 5.76. The van der Waals surface area contributed by atoms with E-state index in [1.54, 1.807) is 0 Å². The summed E-state index contributed by atoms with van der Waals surface area (Å²) in [5, 5.41) is 120. The molecule has 3 amide bonds. The number of aliphatic carboxylic acids is 1. The minimum atomic E-state index is -2.92. The van der Waals surface area contributed by atoms with Crippen LogP contribution in [0.1, 0.15) is 27.2 Å². The van der Waals surface area contributed by atoms with Crippen molar-refractivity contribution in [1.29, 1.82) is 0 Å². The Morgan fingerprint density at radius 3 is 1.94 bits per heavy atom. The molecule has 2 aliphatic rings. The van der Waals surface area contributed by atoms with Gasteiger partial charge < -0.3 is 91.1 Å². The first kappa shape index (κ1) is 42.5. The summed E-state index contributed by atoms with van der Waals surface area (Å²) in [6, 6.07) is -4.67. The smallest absolute Gasteiger partial charge is 0.364 e. The third-order valence-electron chi connectivity index (χ3n) is 7.93. The molecule has 0 bridgehead atoms. The monoisotopic (exact) mass is 717 g/mol. The number of aliphatic hydroxyl groups is 10. The second-order valence-corrected chi connectivity index (χ2v) is 11.8. The van der Waals surface area contributed by atoms with Gasteiger partial charge in [0.25, 0.3) is 5.79 Å². The quantitative estimate of drug-likeness (QED) is 0.0664. The van der Waals surface area contributed by atoms with Crippen LogP contribution < -0.4 is 16.0 Å². The summed E-state index contributed by atoms with van der Waals surface area (Å²) in [7, 11) is 0. The molecule has 0 spiro atoms. The van der Waals surface area contributed by atoms with E-state index in [9.17, 15) is 75.3 Å². The molecule has 2 aliphatic heterocycles. The van der Waals surface area contributed by atoms with Crippen LogP contribution in [0.25, 0.3) is 0 Å². The van der Waals surface area contributed by atoms with Gasteiger partial charge in [0, 0.05) is 27.2 Å². The number of carbonyl (C=O) groups is 4. The molecular formula is C27H47N3O19. The predicted molar refractivity (Wildman–Crippen MR) is 155 cm³/mol. The van der Waals surface area contributed by atoms with Crippen molar-refractivity contribution in [2.45, 2.75) is 118 Å². The predicted octanol–water partition coefficient (Wildman–Crippen LogP) is -8.30. The van der Waals surface area contributed by atoms with Gasteiger partial charge in [0.15, 0.2) is 6.29 Å².